The number of rotatable bonds is 2. The lowest BCUT2D eigenvalue weighted by molar-refractivity contribution is -0.154. The Kier molecular flexibility index (Phi) is 3.18. The van der Waals surface area contributed by atoms with Gasteiger partial charge in [-0.15, -0.1) is 0 Å². The first-order valence-electron chi connectivity index (χ1n) is 9.16. The van der Waals surface area contributed by atoms with Crippen LogP contribution in [-0.2, 0) is 25.4 Å². The first-order valence-corrected chi connectivity index (χ1v) is 9.16. The average Bonchev–Trinajstić information content (AvgIpc) is 3.40. The molecule has 138 valence electrons. The number of hydrogen-bond donors (Lipinski definition) is 0. The van der Waals surface area contributed by atoms with E-state index in [1.807, 2.05) is 13.8 Å². The molecule has 0 aliphatic carbocycles. The molecule has 6 nitrogen and oxygen atoms in total. The van der Waals surface area contributed by atoms with E-state index < -0.39 is 11.2 Å². The van der Waals surface area contributed by atoms with Crippen molar-refractivity contribution in [1.82, 2.24) is 0 Å². The summed E-state index contributed by atoms with van der Waals surface area (Å²) in [7, 11) is 0. The minimum Gasteiger partial charge on any atom is -0.462 e. The van der Waals surface area contributed by atoms with Gasteiger partial charge < -0.3 is 18.6 Å². The van der Waals surface area contributed by atoms with Gasteiger partial charge in [0.15, 0.2) is 11.9 Å². The second-order valence-corrected chi connectivity index (χ2v) is 8.32. The van der Waals surface area contributed by atoms with Crippen LogP contribution >= 0.6 is 0 Å². The fraction of sp³-hybridized carbons (Fsp3) is 0.600. The predicted molar refractivity (Wildman–Crippen MR) is 89.7 cm³/mol. The summed E-state index contributed by atoms with van der Waals surface area (Å²) in [5.41, 5.74) is 0.298. The van der Waals surface area contributed by atoms with Gasteiger partial charge in [0.05, 0.1) is 5.56 Å². The van der Waals surface area contributed by atoms with Crippen molar-refractivity contribution in [3.63, 3.8) is 0 Å². The summed E-state index contributed by atoms with van der Waals surface area (Å²) in [6.07, 6.45) is 2.60. The van der Waals surface area contributed by atoms with E-state index in [1.54, 1.807) is 6.07 Å². The number of carbonyl (C=O) groups is 2. The van der Waals surface area contributed by atoms with E-state index in [-0.39, 0.29) is 30.2 Å². The largest absolute Gasteiger partial charge is 0.462 e. The van der Waals surface area contributed by atoms with Crippen molar-refractivity contribution in [2.75, 3.05) is 0 Å². The highest BCUT2D eigenvalue weighted by molar-refractivity contribution is 5.86. The molecule has 26 heavy (non-hydrogen) atoms. The monoisotopic (exact) mass is 358 g/mol. The van der Waals surface area contributed by atoms with Gasteiger partial charge >= 0.3 is 5.97 Å². The second-order valence-electron chi connectivity index (χ2n) is 8.32. The first kappa shape index (κ1) is 16.3. The zero-order valence-electron chi connectivity index (χ0n) is 14.9. The van der Waals surface area contributed by atoms with Crippen LogP contribution < -0.4 is 0 Å². The maximum atomic E-state index is 12.4. The molecule has 1 aromatic rings. The van der Waals surface area contributed by atoms with Gasteiger partial charge in [-0.05, 0) is 38.7 Å². The van der Waals surface area contributed by atoms with Crippen molar-refractivity contribution in [2.45, 2.75) is 69.0 Å². The third kappa shape index (κ3) is 2.18. The molecular weight excluding hydrogens is 336 g/mol. The number of aldehydes is 1. The zero-order valence-corrected chi connectivity index (χ0v) is 14.9. The number of ether oxygens (including phenoxy) is 3. The first-order chi connectivity index (χ1) is 12.4. The highest BCUT2D eigenvalue weighted by Gasteiger charge is 2.74. The SMILES string of the molecule is C=C(C)C1CC[C@]23O[C@H]2[C@H](C[C@@]2(C)O[C@@H]2c2cc(C=O)c(o2)C1)OC3=O. The number of hydrogen-bond acceptors (Lipinski definition) is 6. The Bertz CT molecular complexity index is 824. The Hall–Kier alpha value is -1.92. The highest BCUT2D eigenvalue weighted by atomic mass is 16.7. The van der Waals surface area contributed by atoms with Crippen LogP contribution in [0.25, 0.3) is 0 Å². The summed E-state index contributed by atoms with van der Waals surface area (Å²) in [5.74, 6) is 1.18. The van der Waals surface area contributed by atoms with Crippen LogP contribution in [0, 0.1) is 5.92 Å². The molecule has 4 bridgehead atoms. The van der Waals surface area contributed by atoms with E-state index in [2.05, 4.69) is 6.58 Å². The quantitative estimate of drug-likeness (QED) is 0.350. The molecule has 0 amide bonds. The Labute approximate surface area is 151 Å². The fourth-order valence-corrected chi connectivity index (χ4v) is 4.62. The molecule has 3 fully saturated rings. The lowest BCUT2D eigenvalue weighted by Gasteiger charge is -2.18. The number of esters is 1. The number of epoxide rings is 2. The van der Waals surface area contributed by atoms with Crippen molar-refractivity contribution in [3.8, 4) is 0 Å². The molecule has 4 aliphatic heterocycles. The van der Waals surface area contributed by atoms with Crippen LogP contribution in [0.4, 0.5) is 0 Å². The van der Waals surface area contributed by atoms with Crippen LogP contribution in [0.5, 0.6) is 0 Å². The summed E-state index contributed by atoms with van der Waals surface area (Å²) in [6.45, 7) is 8.03. The van der Waals surface area contributed by atoms with Gasteiger partial charge in [-0.25, -0.2) is 4.79 Å². The molecule has 0 aromatic carbocycles. The molecule has 5 rings (SSSR count). The van der Waals surface area contributed by atoms with E-state index in [0.717, 1.165) is 18.3 Å². The lowest BCUT2D eigenvalue weighted by atomic mass is 9.86. The van der Waals surface area contributed by atoms with E-state index in [4.69, 9.17) is 18.6 Å². The second kappa shape index (κ2) is 5.08. The molecule has 3 saturated heterocycles. The Morgan fingerprint density at radius 3 is 2.88 bits per heavy atom. The van der Waals surface area contributed by atoms with Gasteiger partial charge in [0.1, 0.15) is 35.4 Å². The van der Waals surface area contributed by atoms with Gasteiger partial charge in [0, 0.05) is 12.8 Å². The minimum absolute atomic E-state index is 0.103. The van der Waals surface area contributed by atoms with E-state index in [0.29, 0.717) is 36.3 Å². The highest BCUT2D eigenvalue weighted by Crippen LogP contribution is 2.58. The van der Waals surface area contributed by atoms with Crippen molar-refractivity contribution in [3.05, 3.63) is 35.3 Å². The average molecular weight is 358 g/mol. The van der Waals surface area contributed by atoms with Crippen molar-refractivity contribution in [1.29, 1.82) is 0 Å². The fourth-order valence-electron chi connectivity index (χ4n) is 4.62. The maximum Gasteiger partial charge on any atom is 0.341 e. The molecule has 0 spiro atoms. The number of carbonyl (C=O) groups excluding carboxylic acids is 2. The van der Waals surface area contributed by atoms with Gasteiger partial charge in [0.2, 0.25) is 0 Å². The maximum absolute atomic E-state index is 12.4. The van der Waals surface area contributed by atoms with Gasteiger partial charge in [0.25, 0.3) is 0 Å². The topological polar surface area (TPSA) is 81.6 Å². The van der Waals surface area contributed by atoms with Crippen LogP contribution in [-0.4, -0.2) is 35.7 Å². The molecular formula is C20H22O6. The minimum atomic E-state index is -0.797. The number of allylic oxidation sites excluding steroid dienone is 1. The molecule has 0 N–H and O–H groups in total. The predicted octanol–water partition coefficient (Wildman–Crippen LogP) is 2.90. The Balaban J connectivity index is 1.53. The third-order valence-corrected chi connectivity index (χ3v) is 6.41. The Morgan fingerprint density at radius 2 is 2.19 bits per heavy atom. The molecule has 5 heterocycles. The van der Waals surface area contributed by atoms with Crippen LogP contribution in [0.1, 0.15) is 61.1 Å². The third-order valence-electron chi connectivity index (χ3n) is 6.41. The summed E-state index contributed by atoms with van der Waals surface area (Å²) < 4.78 is 23.4. The summed E-state index contributed by atoms with van der Waals surface area (Å²) >= 11 is 0. The smallest absolute Gasteiger partial charge is 0.341 e. The van der Waals surface area contributed by atoms with E-state index in [1.165, 1.54) is 0 Å². The lowest BCUT2D eigenvalue weighted by Crippen LogP contribution is -2.24. The standard InChI is InChI=1S/C20H22O6/c1-10(2)11-4-5-20-17(26-20)15(24-18(20)22)8-19(3)16(25-19)14-7-12(9-21)13(6-11)23-14/h7,9,11,15-17H,1,4-6,8H2,2-3H3/t11?,15-,16+,17-,19+,20-/m0/s1. The van der Waals surface area contributed by atoms with Crippen molar-refractivity contribution < 1.29 is 28.2 Å². The normalized spacial score (nSPS) is 43.1. The molecule has 0 radical (unpaired) electrons. The van der Waals surface area contributed by atoms with Gasteiger partial charge in [-0.2, -0.15) is 0 Å². The molecule has 4 aliphatic rings. The van der Waals surface area contributed by atoms with Crippen LogP contribution in [0.15, 0.2) is 22.6 Å². The summed E-state index contributed by atoms with van der Waals surface area (Å²) in [4.78, 5) is 23.9. The molecule has 1 aromatic heterocycles. The van der Waals surface area contributed by atoms with Crippen molar-refractivity contribution >= 4 is 12.3 Å². The number of fused-ring (bicyclic) bond motifs is 4. The van der Waals surface area contributed by atoms with Crippen LogP contribution in [0.3, 0.4) is 0 Å². The van der Waals surface area contributed by atoms with Crippen LogP contribution in [0.2, 0.25) is 0 Å². The summed E-state index contributed by atoms with van der Waals surface area (Å²) in [6, 6.07) is 1.78. The zero-order chi connectivity index (χ0) is 18.3. The van der Waals surface area contributed by atoms with Crippen molar-refractivity contribution in [2.24, 2.45) is 5.92 Å². The number of furan rings is 1. The molecule has 6 atom stereocenters. The van der Waals surface area contributed by atoms with E-state index in [9.17, 15) is 9.59 Å². The molecule has 1 unspecified atom stereocenters. The molecule has 0 saturated carbocycles. The van der Waals surface area contributed by atoms with Gasteiger partial charge in [-0.1, -0.05) is 12.2 Å². The molecule has 6 heteroatoms. The van der Waals surface area contributed by atoms with E-state index >= 15 is 0 Å². The summed E-state index contributed by atoms with van der Waals surface area (Å²) in [5, 5.41) is 0. The Morgan fingerprint density at radius 1 is 1.38 bits per heavy atom. The van der Waals surface area contributed by atoms with Gasteiger partial charge in [-0.3, -0.25) is 4.79 Å².